The third-order valence-corrected chi connectivity index (χ3v) is 2.30. The first kappa shape index (κ1) is 10.8. The van der Waals surface area contributed by atoms with Crippen LogP contribution >= 0.6 is 0 Å². The molecule has 0 amide bonds. The predicted octanol–water partition coefficient (Wildman–Crippen LogP) is -2.63. The van der Waals surface area contributed by atoms with E-state index in [4.69, 9.17) is 10.2 Å². The van der Waals surface area contributed by atoms with Crippen molar-refractivity contribution in [1.29, 1.82) is 0 Å². The number of hydrogen-bond donors (Lipinski definition) is 5. The van der Waals surface area contributed by atoms with E-state index >= 15 is 0 Å². The second-order valence-corrected chi connectivity index (χ2v) is 3.16. The molecular weight excluding hydrogens is 181 g/mol. The SMILES string of the molecule is OC[C@@H]1N[C@@H]([C@@H](F)CO)[C@H](O)[C@H]1O. The molecule has 0 saturated carbocycles. The van der Waals surface area contributed by atoms with Gasteiger partial charge in [0.1, 0.15) is 6.17 Å². The fraction of sp³-hybridized carbons (Fsp3) is 1.00. The van der Waals surface area contributed by atoms with Crippen molar-refractivity contribution in [3.05, 3.63) is 0 Å². The summed E-state index contributed by atoms with van der Waals surface area (Å²) >= 11 is 0. The summed E-state index contributed by atoms with van der Waals surface area (Å²) in [6, 6.07) is -1.75. The van der Waals surface area contributed by atoms with Crippen LogP contribution in [0.25, 0.3) is 0 Å². The van der Waals surface area contributed by atoms with Crippen molar-refractivity contribution in [2.24, 2.45) is 0 Å². The van der Waals surface area contributed by atoms with Gasteiger partial charge < -0.3 is 25.7 Å². The molecule has 0 spiro atoms. The Balaban J connectivity index is 2.60. The fourth-order valence-corrected chi connectivity index (χ4v) is 1.49. The fourth-order valence-electron chi connectivity index (χ4n) is 1.49. The van der Waals surface area contributed by atoms with Crippen LogP contribution in [-0.4, -0.2) is 64.1 Å². The normalized spacial score (nSPS) is 42.2. The number of rotatable bonds is 3. The molecule has 1 aliphatic heterocycles. The third-order valence-electron chi connectivity index (χ3n) is 2.30. The summed E-state index contributed by atoms with van der Waals surface area (Å²) in [4.78, 5) is 0. The predicted molar refractivity (Wildman–Crippen MR) is 41.8 cm³/mol. The van der Waals surface area contributed by atoms with E-state index in [0.717, 1.165) is 0 Å². The van der Waals surface area contributed by atoms with Gasteiger partial charge in [0.15, 0.2) is 0 Å². The topological polar surface area (TPSA) is 93.0 Å². The number of alkyl halides is 1. The molecule has 0 aromatic rings. The van der Waals surface area contributed by atoms with Crippen LogP contribution in [0.15, 0.2) is 0 Å². The summed E-state index contributed by atoms with van der Waals surface area (Å²) in [5.74, 6) is 0. The largest absolute Gasteiger partial charge is 0.395 e. The first-order valence-electron chi connectivity index (χ1n) is 4.09. The molecule has 5 nitrogen and oxygen atoms in total. The summed E-state index contributed by atoms with van der Waals surface area (Å²) < 4.78 is 12.9. The number of hydrogen-bond acceptors (Lipinski definition) is 5. The monoisotopic (exact) mass is 195 g/mol. The van der Waals surface area contributed by atoms with Crippen LogP contribution in [0, 0.1) is 0 Å². The lowest BCUT2D eigenvalue weighted by Crippen LogP contribution is -2.43. The second-order valence-electron chi connectivity index (χ2n) is 3.16. The van der Waals surface area contributed by atoms with Gasteiger partial charge in [-0.25, -0.2) is 4.39 Å². The highest BCUT2D eigenvalue weighted by atomic mass is 19.1. The lowest BCUT2D eigenvalue weighted by atomic mass is 10.1. The molecule has 5 N–H and O–H groups in total. The Morgan fingerprint density at radius 3 is 2.23 bits per heavy atom. The van der Waals surface area contributed by atoms with Crippen LogP contribution in [0.5, 0.6) is 0 Å². The van der Waals surface area contributed by atoms with E-state index in [9.17, 15) is 14.6 Å². The molecule has 0 radical (unpaired) electrons. The van der Waals surface area contributed by atoms with E-state index in [2.05, 4.69) is 5.32 Å². The maximum absolute atomic E-state index is 12.9. The lowest BCUT2D eigenvalue weighted by Gasteiger charge is -2.17. The Morgan fingerprint density at radius 1 is 1.23 bits per heavy atom. The minimum absolute atomic E-state index is 0.382. The molecule has 1 fully saturated rings. The van der Waals surface area contributed by atoms with E-state index in [0.29, 0.717) is 0 Å². The molecule has 1 aliphatic rings. The molecule has 0 aromatic heterocycles. The summed E-state index contributed by atoms with van der Waals surface area (Å²) in [5.41, 5.74) is 0. The Morgan fingerprint density at radius 2 is 1.85 bits per heavy atom. The van der Waals surface area contributed by atoms with Gasteiger partial charge in [-0.15, -0.1) is 0 Å². The van der Waals surface area contributed by atoms with Crippen LogP contribution in [-0.2, 0) is 0 Å². The van der Waals surface area contributed by atoms with Gasteiger partial charge in [0.2, 0.25) is 0 Å². The smallest absolute Gasteiger partial charge is 0.141 e. The van der Waals surface area contributed by atoms with Gasteiger partial charge in [-0.05, 0) is 0 Å². The van der Waals surface area contributed by atoms with Gasteiger partial charge in [0.25, 0.3) is 0 Å². The highest BCUT2D eigenvalue weighted by Crippen LogP contribution is 2.18. The third kappa shape index (κ3) is 1.97. The maximum atomic E-state index is 12.9. The van der Waals surface area contributed by atoms with Crippen LogP contribution < -0.4 is 5.32 Å². The van der Waals surface area contributed by atoms with E-state index in [1.807, 2.05) is 0 Å². The molecule has 1 heterocycles. The highest BCUT2D eigenvalue weighted by Gasteiger charge is 2.44. The van der Waals surface area contributed by atoms with Crippen molar-refractivity contribution in [2.45, 2.75) is 30.5 Å². The van der Waals surface area contributed by atoms with Crippen LogP contribution in [0.1, 0.15) is 0 Å². The molecule has 1 rings (SSSR count). The number of aliphatic hydroxyl groups excluding tert-OH is 4. The number of aliphatic hydroxyl groups is 4. The van der Waals surface area contributed by atoms with Gasteiger partial charge >= 0.3 is 0 Å². The Kier molecular flexibility index (Phi) is 3.57. The molecule has 0 unspecified atom stereocenters. The highest BCUT2D eigenvalue weighted by molar-refractivity contribution is 5.00. The average Bonchev–Trinajstić information content (AvgIpc) is 2.43. The van der Waals surface area contributed by atoms with E-state index in [1.54, 1.807) is 0 Å². The van der Waals surface area contributed by atoms with Crippen molar-refractivity contribution in [3.63, 3.8) is 0 Å². The maximum Gasteiger partial charge on any atom is 0.141 e. The molecule has 13 heavy (non-hydrogen) atoms. The molecule has 6 heteroatoms. The molecule has 1 saturated heterocycles. The Labute approximate surface area is 74.8 Å². The minimum Gasteiger partial charge on any atom is -0.395 e. The van der Waals surface area contributed by atoms with E-state index in [-0.39, 0.29) is 6.61 Å². The van der Waals surface area contributed by atoms with Crippen molar-refractivity contribution < 1.29 is 24.8 Å². The quantitative estimate of drug-likeness (QED) is 0.340. The van der Waals surface area contributed by atoms with Crippen LogP contribution in [0.2, 0.25) is 0 Å². The van der Waals surface area contributed by atoms with Gasteiger partial charge in [-0.2, -0.15) is 0 Å². The summed E-state index contributed by atoms with van der Waals surface area (Å²) in [6.07, 6.45) is -4.12. The first-order chi connectivity index (χ1) is 6.11. The molecule has 78 valence electrons. The molecular formula is C7H14FNO4. The van der Waals surface area contributed by atoms with E-state index < -0.39 is 37.1 Å². The van der Waals surface area contributed by atoms with Gasteiger partial charge in [0.05, 0.1) is 37.5 Å². The zero-order chi connectivity index (χ0) is 10.0. The molecule has 0 aliphatic carbocycles. The summed E-state index contributed by atoms with van der Waals surface area (Å²) in [5, 5.41) is 38.2. The van der Waals surface area contributed by atoms with Gasteiger partial charge in [-0.1, -0.05) is 0 Å². The van der Waals surface area contributed by atoms with Crippen molar-refractivity contribution in [2.75, 3.05) is 13.2 Å². The zero-order valence-corrected chi connectivity index (χ0v) is 6.97. The Bertz CT molecular complexity index is 171. The Hall–Kier alpha value is -0.270. The summed E-state index contributed by atoms with van der Waals surface area (Å²) in [7, 11) is 0. The molecule has 5 atom stereocenters. The lowest BCUT2D eigenvalue weighted by molar-refractivity contribution is 0.00345. The first-order valence-corrected chi connectivity index (χ1v) is 4.09. The average molecular weight is 195 g/mol. The van der Waals surface area contributed by atoms with Crippen molar-refractivity contribution >= 4 is 0 Å². The van der Waals surface area contributed by atoms with Crippen LogP contribution in [0.4, 0.5) is 4.39 Å². The zero-order valence-electron chi connectivity index (χ0n) is 6.97. The molecule has 0 bridgehead atoms. The second kappa shape index (κ2) is 4.30. The van der Waals surface area contributed by atoms with Gasteiger partial charge in [-0.3, -0.25) is 0 Å². The van der Waals surface area contributed by atoms with Crippen LogP contribution in [0.3, 0.4) is 0 Å². The van der Waals surface area contributed by atoms with Crippen molar-refractivity contribution in [1.82, 2.24) is 5.32 Å². The minimum atomic E-state index is -1.64. The standard InChI is InChI=1S/C7H14FNO4/c8-3(1-10)5-7(13)6(12)4(2-11)9-5/h3-7,9-13H,1-2H2/t3-,4-,5-,6-,7-/m0/s1. The van der Waals surface area contributed by atoms with Gasteiger partial charge in [0, 0.05) is 0 Å². The van der Waals surface area contributed by atoms with Crippen molar-refractivity contribution in [3.8, 4) is 0 Å². The summed E-state index contributed by atoms with van der Waals surface area (Å²) in [6.45, 7) is -1.10. The number of halogens is 1. The number of nitrogens with one attached hydrogen (secondary N) is 1. The molecule has 0 aromatic carbocycles. The van der Waals surface area contributed by atoms with E-state index in [1.165, 1.54) is 0 Å².